The lowest BCUT2D eigenvalue weighted by Gasteiger charge is -2.21. The van der Waals surface area contributed by atoms with Crippen LogP contribution in [-0.2, 0) is 10.0 Å². The van der Waals surface area contributed by atoms with Crippen LogP contribution in [0, 0.1) is 0 Å². The van der Waals surface area contributed by atoms with E-state index in [0.717, 1.165) is 0 Å². The molecule has 1 amide bonds. The van der Waals surface area contributed by atoms with E-state index in [-0.39, 0.29) is 22.2 Å². The van der Waals surface area contributed by atoms with Crippen molar-refractivity contribution in [1.29, 1.82) is 0 Å². The van der Waals surface area contributed by atoms with Crippen LogP contribution >= 0.6 is 15.9 Å². The number of amides is 1. The molecular weight excluding hydrogens is 410 g/mol. The third-order valence-corrected chi connectivity index (χ3v) is 6.14. The fourth-order valence-corrected chi connectivity index (χ4v) is 3.68. The van der Waals surface area contributed by atoms with Crippen LogP contribution in [0.2, 0.25) is 0 Å². The summed E-state index contributed by atoms with van der Waals surface area (Å²) in [6.07, 6.45) is 1.46. The van der Waals surface area contributed by atoms with Crippen molar-refractivity contribution in [3.63, 3.8) is 0 Å². The first-order chi connectivity index (χ1) is 11.6. The van der Waals surface area contributed by atoms with Crippen molar-refractivity contribution >= 4 is 37.5 Å². The second-order valence-electron chi connectivity index (χ2n) is 5.65. The van der Waals surface area contributed by atoms with Gasteiger partial charge in [0.2, 0.25) is 10.0 Å². The minimum absolute atomic E-state index is 0.0932. The Bertz CT molecular complexity index is 937. The highest BCUT2D eigenvalue weighted by molar-refractivity contribution is 9.10. The Morgan fingerprint density at radius 3 is 2.40 bits per heavy atom. The number of nitrogens with zero attached hydrogens (tertiary/aromatic N) is 1. The molecule has 0 aliphatic carbocycles. The van der Waals surface area contributed by atoms with E-state index in [1.807, 2.05) is 0 Å². The number of aromatic amines is 1. The minimum Gasteiger partial charge on any atom is -0.326 e. The van der Waals surface area contributed by atoms with Gasteiger partial charge in [-0.15, -0.1) is 0 Å². The van der Waals surface area contributed by atoms with Crippen LogP contribution in [0.5, 0.6) is 0 Å². The van der Waals surface area contributed by atoms with Crippen LogP contribution in [0.1, 0.15) is 24.2 Å². The van der Waals surface area contributed by atoms with Gasteiger partial charge in [-0.1, -0.05) is 0 Å². The number of rotatable bonds is 5. The molecule has 0 bridgehead atoms. The Labute approximate surface area is 154 Å². The Morgan fingerprint density at radius 1 is 1.24 bits per heavy atom. The van der Waals surface area contributed by atoms with E-state index in [9.17, 15) is 18.0 Å². The van der Waals surface area contributed by atoms with Crippen molar-refractivity contribution in [3.8, 4) is 0 Å². The normalized spacial score (nSPS) is 11.8. The van der Waals surface area contributed by atoms with Gasteiger partial charge in [-0.2, -0.15) is 4.31 Å². The summed E-state index contributed by atoms with van der Waals surface area (Å²) in [5.41, 5.74) is -0.101. The molecular formula is C16H18BrN3O4S. The molecule has 0 fully saturated rings. The molecule has 2 rings (SSSR count). The number of benzene rings is 1. The smallest absolute Gasteiger partial charge is 0.271 e. The average Bonchev–Trinajstić information content (AvgIpc) is 2.57. The Morgan fingerprint density at radius 2 is 1.84 bits per heavy atom. The minimum atomic E-state index is -3.61. The van der Waals surface area contributed by atoms with E-state index in [1.165, 1.54) is 47.9 Å². The van der Waals surface area contributed by atoms with Gasteiger partial charge in [-0.3, -0.25) is 9.59 Å². The van der Waals surface area contributed by atoms with Crippen molar-refractivity contribution in [2.75, 3.05) is 12.4 Å². The summed E-state index contributed by atoms with van der Waals surface area (Å²) in [7, 11) is -2.11. The number of nitrogens with one attached hydrogen (secondary N) is 2. The zero-order valence-corrected chi connectivity index (χ0v) is 16.3. The SMILES string of the molecule is CC(C)N(C)S(=O)(=O)c1ccc(C(=O)Nc2cc(Br)c[nH]c2=O)cc1. The molecule has 0 radical (unpaired) electrons. The van der Waals surface area contributed by atoms with Gasteiger partial charge in [-0.05, 0) is 60.1 Å². The lowest BCUT2D eigenvalue weighted by atomic mass is 10.2. The molecule has 1 aromatic heterocycles. The third-order valence-electron chi connectivity index (χ3n) is 3.64. The van der Waals surface area contributed by atoms with Crippen LogP contribution in [0.15, 0.2) is 50.7 Å². The number of pyridine rings is 1. The summed E-state index contributed by atoms with van der Waals surface area (Å²) in [5, 5.41) is 2.49. The second kappa shape index (κ2) is 7.51. The van der Waals surface area contributed by atoms with Gasteiger partial charge in [0.25, 0.3) is 11.5 Å². The van der Waals surface area contributed by atoms with E-state index in [1.54, 1.807) is 13.8 Å². The average molecular weight is 428 g/mol. The van der Waals surface area contributed by atoms with Gasteiger partial charge < -0.3 is 10.3 Å². The molecule has 0 aliphatic heterocycles. The van der Waals surface area contributed by atoms with Gasteiger partial charge in [0.05, 0.1) is 4.90 Å². The number of carbonyl (C=O) groups is 1. The molecule has 0 aliphatic rings. The number of sulfonamides is 1. The van der Waals surface area contributed by atoms with Gasteiger partial charge >= 0.3 is 0 Å². The van der Waals surface area contributed by atoms with E-state index in [0.29, 0.717) is 4.47 Å². The number of anilines is 1. The van der Waals surface area contributed by atoms with E-state index in [2.05, 4.69) is 26.2 Å². The number of hydrogen-bond donors (Lipinski definition) is 2. The molecule has 0 saturated heterocycles. The molecule has 0 atom stereocenters. The highest BCUT2D eigenvalue weighted by Crippen LogP contribution is 2.18. The first kappa shape index (κ1) is 19.4. The van der Waals surface area contributed by atoms with Gasteiger partial charge in [0.1, 0.15) is 5.69 Å². The maximum absolute atomic E-state index is 12.4. The number of hydrogen-bond acceptors (Lipinski definition) is 4. The van der Waals surface area contributed by atoms with E-state index in [4.69, 9.17) is 0 Å². The van der Waals surface area contributed by atoms with Gasteiger partial charge in [0.15, 0.2) is 0 Å². The molecule has 0 spiro atoms. The molecule has 2 N–H and O–H groups in total. The zero-order valence-electron chi connectivity index (χ0n) is 13.9. The molecule has 1 heterocycles. The van der Waals surface area contributed by atoms with E-state index >= 15 is 0 Å². The number of carbonyl (C=O) groups excluding carboxylic acids is 1. The highest BCUT2D eigenvalue weighted by atomic mass is 79.9. The lowest BCUT2D eigenvalue weighted by molar-refractivity contribution is 0.102. The predicted octanol–water partition coefficient (Wildman–Crippen LogP) is 2.42. The maximum atomic E-state index is 12.4. The Hall–Kier alpha value is -1.97. The molecule has 9 heteroatoms. The molecule has 1 aromatic carbocycles. The van der Waals surface area contributed by atoms with Gasteiger partial charge in [-0.25, -0.2) is 8.42 Å². The summed E-state index contributed by atoms with van der Waals surface area (Å²) >= 11 is 3.21. The fraction of sp³-hybridized carbons (Fsp3) is 0.250. The van der Waals surface area contributed by atoms with Crippen LogP contribution < -0.4 is 10.9 Å². The maximum Gasteiger partial charge on any atom is 0.271 e. The van der Waals surface area contributed by atoms with Crippen molar-refractivity contribution in [2.24, 2.45) is 0 Å². The monoisotopic (exact) mass is 427 g/mol. The van der Waals surface area contributed by atoms with Crippen molar-refractivity contribution in [3.05, 3.63) is 56.9 Å². The van der Waals surface area contributed by atoms with Crippen molar-refractivity contribution in [2.45, 2.75) is 24.8 Å². The van der Waals surface area contributed by atoms with Gasteiger partial charge in [0, 0.05) is 29.3 Å². The Kier molecular flexibility index (Phi) is 5.81. The van der Waals surface area contributed by atoms with Crippen LogP contribution in [0.3, 0.4) is 0 Å². The standard InChI is InChI=1S/C16H18BrN3O4S/c1-10(2)20(3)25(23,24)13-6-4-11(5-7-13)15(21)19-14-8-12(17)9-18-16(14)22/h4-10H,1-3H3,(H,18,22)(H,19,21). The molecule has 2 aromatic rings. The summed E-state index contributed by atoms with van der Waals surface area (Å²) in [4.78, 5) is 26.5. The highest BCUT2D eigenvalue weighted by Gasteiger charge is 2.23. The molecule has 0 saturated carbocycles. The largest absolute Gasteiger partial charge is 0.326 e. The first-order valence-corrected chi connectivity index (χ1v) is 9.64. The van der Waals surface area contributed by atoms with Crippen molar-refractivity contribution in [1.82, 2.24) is 9.29 Å². The molecule has 134 valence electrons. The van der Waals surface area contributed by atoms with Crippen molar-refractivity contribution < 1.29 is 13.2 Å². The van der Waals surface area contributed by atoms with Crippen LogP contribution in [0.4, 0.5) is 5.69 Å². The fourth-order valence-electron chi connectivity index (χ4n) is 1.97. The summed E-state index contributed by atoms with van der Waals surface area (Å²) in [5.74, 6) is -0.509. The number of H-pyrrole nitrogens is 1. The number of aromatic nitrogens is 1. The first-order valence-electron chi connectivity index (χ1n) is 7.40. The van der Waals surface area contributed by atoms with Crippen LogP contribution in [0.25, 0.3) is 0 Å². The third kappa shape index (κ3) is 4.36. The topological polar surface area (TPSA) is 99.3 Å². The van der Waals surface area contributed by atoms with E-state index < -0.39 is 21.5 Å². The quantitative estimate of drug-likeness (QED) is 0.764. The molecule has 0 unspecified atom stereocenters. The zero-order chi connectivity index (χ0) is 18.8. The number of halogens is 1. The summed E-state index contributed by atoms with van der Waals surface area (Å²) in [6.45, 7) is 3.55. The summed E-state index contributed by atoms with van der Waals surface area (Å²) < 4.78 is 26.7. The Balaban J connectivity index is 2.24. The lowest BCUT2D eigenvalue weighted by Crippen LogP contribution is -2.33. The molecule has 25 heavy (non-hydrogen) atoms. The predicted molar refractivity (Wildman–Crippen MR) is 99.2 cm³/mol. The van der Waals surface area contributed by atoms with Crippen LogP contribution in [-0.4, -0.2) is 36.7 Å². The summed E-state index contributed by atoms with van der Waals surface area (Å²) in [6, 6.07) is 6.84. The second-order valence-corrected chi connectivity index (χ2v) is 8.57. The molecule has 7 nitrogen and oxygen atoms in total.